The quantitative estimate of drug-likeness (QED) is 0.608. The molecule has 120 valence electrons. The van der Waals surface area contributed by atoms with Crippen molar-refractivity contribution < 1.29 is 14.5 Å². The molecule has 6 nitrogen and oxygen atoms in total. The summed E-state index contributed by atoms with van der Waals surface area (Å²) < 4.78 is 5.67. The van der Waals surface area contributed by atoms with Crippen LogP contribution in [0, 0.1) is 10.1 Å². The summed E-state index contributed by atoms with van der Waals surface area (Å²) in [5.41, 5.74) is 0.423. The number of thioether (sulfide) groups is 1. The van der Waals surface area contributed by atoms with Gasteiger partial charge >= 0.3 is 5.00 Å². The molecule has 0 bridgehead atoms. The molecular formula is C14H18N2O4S2. The monoisotopic (exact) mass is 342 g/mol. The minimum Gasteiger partial charge on any atom is -0.376 e. The van der Waals surface area contributed by atoms with Gasteiger partial charge in [0.25, 0.3) is 5.91 Å². The summed E-state index contributed by atoms with van der Waals surface area (Å²) >= 11 is 2.86. The van der Waals surface area contributed by atoms with Crippen molar-refractivity contribution in [3.8, 4) is 0 Å². The number of hydrogen-bond donors (Lipinski definition) is 0. The molecule has 0 unspecified atom stereocenters. The third-order valence-electron chi connectivity index (χ3n) is 4.04. The number of hydrogen-bond acceptors (Lipinski definition) is 6. The maximum absolute atomic E-state index is 12.8. The number of thiophene rings is 1. The molecule has 2 atom stereocenters. The normalized spacial score (nSPS) is 24.5. The Hall–Kier alpha value is -1.12. The zero-order chi connectivity index (χ0) is 15.5. The summed E-state index contributed by atoms with van der Waals surface area (Å²) in [4.78, 5) is 25.0. The fraction of sp³-hybridized carbons (Fsp3) is 0.643. The molecule has 1 aromatic heterocycles. The van der Waals surface area contributed by atoms with Gasteiger partial charge in [-0.2, -0.15) is 11.8 Å². The lowest BCUT2D eigenvalue weighted by atomic mass is 10.1. The van der Waals surface area contributed by atoms with Crippen LogP contribution in [0.25, 0.3) is 0 Å². The molecule has 2 aliphatic rings. The molecule has 0 aliphatic carbocycles. The van der Waals surface area contributed by atoms with Gasteiger partial charge in [-0.1, -0.05) is 11.3 Å². The number of rotatable bonds is 5. The predicted molar refractivity (Wildman–Crippen MR) is 86.7 cm³/mol. The molecule has 0 N–H and O–H groups in total. The van der Waals surface area contributed by atoms with Gasteiger partial charge in [0.05, 0.1) is 16.6 Å². The van der Waals surface area contributed by atoms with Gasteiger partial charge in [0.15, 0.2) is 0 Å². The fourth-order valence-corrected chi connectivity index (χ4v) is 4.79. The fourth-order valence-electron chi connectivity index (χ4n) is 2.87. The van der Waals surface area contributed by atoms with Crippen LogP contribution in [0.5, 0.6) is 0 Å². The zero-order valence-electron chi connectivity index (χ0n) is 12.1. The number of ether oxygens (including phenoxy) is 1. The molecule has 1 aromatic rings. The van der Waals surface area contributed by atoms with Gasteiger partial charge < -0.3 is 9.64 Å². The number of carbonyl (C=O) groups excluding carboxylic acids is 1. The van der Waals surface area contributed by atoms with Crippen LogP contribution >= 0.6 is 23.1 Å². The summed E-state index contributed by atoms with van der Waals surface area (Å²) in [5.74, 6) is 1.89. The molecule has 2 fully saturated rings. The van der Waals surface area contributed by atoms with E-state index in [1.54, 1.807) is 5.38 Å². The van der Waals surface area contributed by atoms with Crippen molar-refractivity contribution in [2.75, 3.05) is 24.7 Å². The van der Waals surface area contributed by atoms with Gasteiger partial charge in [0.2, 0.25) is 0 Å². The van der Waals surface area contributed by atoms with E-state index >= 15 is 0 Å². The maximum Gasteiger partial charge on any atom is 0.324 e. The molecule has 2 aliphatic heterocycles. The first-order valence-corrected chi connectivity index (χ1v) is 9.42. The molecule has 0 radical (unpaired) electrons. The van der Waals surface area contributed by atoms with Crippen molar-refractivity contribution >= 4 is 34.0 Å². The van der Waals surface area contributed by atoms with Crippen LogP contribution in [-0.4, -0.2) is 52.5 Å². The number of nitrogens with zero attached hydrogens (tertiary/aromatic N) is 2. The highest BCUT2D eigenvalue weighted by molar-refractivity contribution is 7.99. The Kier molecular flexibility index (Phi) is 5.00. The Morgan fingerprint density at radius 1 is 1.50 bits per heavy atom. The number of amides is 1. The van der Waals surface area contributed by atoms with E-state index in [-0.39, 0.29) is 23.1 Å². The third kappa shape index (κ3) is 3.44. The summed E-state index contributed by atoms with van der Waals surface area (Å²) in [6.45, 7) is 1.35. The van der Waals surface area contributed by atoms with Crippen LogP contribution in [-0.2, 0) is 4.74 Å². The molecule has 2 saturated heterocycles. The first kappa shape index (κ1) is 15.8. The van der Waals surface area contributed by atoms with Crippen molar-refractivity contribution in [2.24, 2.45) is 0 Å². The van der Waals surface area contributed by atoms with Crippen molar-refractivity contribution in [2.45, 2.75) is 31.4 Å². The Morgan fingerprint density at radius 2 is 2.36 bits per heavy atom. The highest BCUT2D eigenvalue weighted by atomic mass is 32.2. The van der Waals surface area contributed by atoms with Crippen molar-refractivity contribution in [1.29, 1.82) is 0 Å². The maximum atomic E-state index is 12.8. The standard InChI is InChI=1S/C14H18N2O4S2/c17-14(10-6-13(16(18)19)22-8-10)15(11-3-5-21-9-11)7-12-2-1-4-20-12/h6,8,11-12H,1-5,7,9H2/t11-,12-/m1/s1. The average Bonchev–Trinajstić information content (AvgIpc) is 3.24. The molecule has 3 heterocycles. The van der Waals surface area contributed by atoms with E-state index in [0.29, 0.717) is 12.1 Å². The highest BCUT2D eigenvalue weighted by Gasteiger charge is 2.32. The molecule has 0 aromatic carbocycles. The van der Waals surface area contributed by atoms with E-state index in [1.807, 2.05) is 16.7 Å². The lowest BCUT2D eigenvalue weighted by Crippen LogP contribution is -2.44. The highest BCUT2D eigenvalue weighted by Crippen LogP contribution is 2.28. The third-order valence-corrected chi connectivity index (χ3v) is 6.07. The molecule has 1 amide bonds. The van der Waals surface area contributed by atoms with Gasteiger partial charge in [-0.05, 0) is 25.0 Å². The van der Waals surface area contributed by atoms with E-state index < -0.39 is 4.92 Å². The Balaban J connectivity index is 1.76. The largest absolute Gasteiger partial charge is 0.376 e. The molecular weight excluding hydrogens is 324 g/mol. The minimum absolute atomic E-state index is 0.0150. The lowest BCUT2D eigenvalue weighted by Gasteiger charge is -2.30. The van der Waals surface area contributed by atoms with Gasteiger partial charge in [-0.3, -0.25) is 14.9 Å². The van der Waals surface area contributed by atoms with Gasteiger partial charge in [0.1, 0.15) is 0 Å². The minimum atomic E-state index is -0.447. The van der Waals surface area contributed by atoms with Crippen LogP contribution in [0.4, 0.5) is 5.00 Å². The summed E-state index contributed by atoms with van der Waals surface area (Å²) in [5, 5.41) is 12.4. The summed E-state index contributed by atoms with van der Waals surface area (Å²) in [6, 6.07) is 1.60. The van der Waals surface area contributed by atoms with Crippen molar-refractivity contribution in [3.63, 3.8) is 0 Å². The molecule has 0 saturated carbocycles. The van der Waals surface area contributed by atoms with Crippen LogP contribution in [0.1, 0.15) is 29.6 Å². The van der Waals surface area contributed by atoms with Crippen LogP contribution in [0.3, 0.4) is 0 Å². The van der Waals surface area contributed by atoms with E-state index in [0.717, 1.165) is 48.7 Å². The number of carbonyl (C=O) groups is 1. The van der Waals surface area contributed by atoms with Gasteiger partial charge in [-0.15, -0.1) is 0 Å². The topological polar surface area (TPSA) is 72.7 Å². The average molecular weight is 342 g/mol. The van der Waals surface area contributed by atoms with E-state index in [1.165, 1.54) is 6.07 Å². The Bertz CT molecular complexity index is 551. The second-order valence-corrected chi connectivity index (χ2v) is 7.58. The Labute approximate surface area is 137 Å². The van der Waals surface area contributed by atoms with Gasteiger partial charge in [-0.25, -0.2) is 0 Å². The summed E-state index contributed by atoms with van der Waals surface area (Å²) in [6.07, 6.45) is 3.10. The lowest BCUT2D eigenvalue weighted by molar-refractivity contribution is -0.380. The second kappa shape index (κ2) is 6.97. The SMILES string of the molecule is O=C(c1csc([N+](=O)[O-])c1)N(C[C@H]1CCCO1)[C@@H]1CCSC1. The smallest absolute Gasteiger partial charge is 0.324 e. The van der Waals surface area contributed by atoms with Crippen LogP contribution < -0.4 is 0 Å². The van der Waals surface area contributed by atoms with Crippen molar-refractivity contribution in [3.05, 3.63) is 27.1 Å². The first-order valence-electron chi connectivity index (χ1n) is 7.38. The van der Waals surface area contributed by atoms with E-state index in [9.17, 15) is 14.9 Å². The summed E-state index contributed by atoms with van der Waals surface area (Å²) in [7, 11) is 0. The zero-order valence-corrected chi connectivity index (χ0v) is 13.7. The Morgan fingerprint density at radius 3 is 2.95 bits per heavy atom. The van der Waals surface area contributed by atoms with Gasteiger partial charge in [0, 0.05) is 36.4 Å². The first-order chi connectivity index (χ1) is 10.6. The van der Waals surface area contributed by atoms with E-state index in [4.69, 9.17) is 4.74 Å². The molecule has 8 heteroatoms. The number of nitro groups is 1. The van der Waals surface area contributed by atoms with Crippen LogP contribution in [0.2, 0.25) is 0 Å². The van der Waals surface area contributed by atoms with Crippen molar-refractivity contribution in [1.82, 2.24) is 4.90 Å². The van der Waals surface area contributed by atoms with Crippen LogP contribution in [0.15, 0.2) is 11.4 Å². The van der Waals surface area contributed by atoms with E-state index in [2.05, 4.69) is 0 Å². The molecule has 0 spiro atoms. The predicted octanol–water partition coefficient (Wildman–Crippen LogP) is 2.78. The second-order valence-electron chi connectivity index (χ2n) is 5.54. The molecule has 22 heavy (non-hydrogen) atoms. The molecule has 3 rings (SSSR count).